The third-order valence-electron chi connectivity index (χ3n) is 2.11. The normalized spacial score (nSPS) is 11.0. The molecule has 0 fully saturated rings. The minimum Gasteiger partial charge on any atom is -0.775 e. The number of rotatable bonds is 4. The Hall–Kier alpha value is -2.24. The molecule has 16 heavy (non-hydrogen) atoms. The van der Waals surface area contributed by atoms with E-state index in [2.05, 4.69) is 15.7 Å². The van der Waals surface area contributed by atoms with Crippen LogP contribution in [0.25, 0.3) is 0 Å². The predicted molar refractivity (Wildman–Crippen MR) is 54.7 cm³/mol. The van der Waals surface area contributed by atoms with Crippen LogP contribution in [0.4, 0.5) is 5.88 Å². The summed E-state index contributed by atoms with van der Waals surface area (Å²) >= 11 is 0. The van der Waals surface area contributed by atoms with Crippen LogP contribution in [-0.4, -0.2) is 5.27 Å². The summed E-state index contributed by atoms with van der Waals surface area (Å²) in [6.45, 7) is 0.669. The fraction of sp³-hybridized carbons (Fsp3) is 0.200. The molecule has 6 heteroatoms. The lowest BCUT2D eigenvalue weighted by Crippen LogP contribution is -2.35. The highest BCUT2D eigenvalue weighted by Gasteiger charge is 2.10. The molecule has 6 nitrogen and oxygen atoms in total. The van der Waals surface area contributed by atoms with Crippen LogP contribution in [0.3, 0.4) is 0 Å². The number of aromatic nitrogens is 2. The van der Waals surface area contributed by atoms with Gasteiger partial charge in [-0.05, 0) is 5.56 Å². The predicted octanol–water partition coefficient (Wildman–Crippen LogP) is 1.79. The summed E-state index contributed by atoms with van der Waals surface area (Å²) in [5.74, 6) is 0.114. The van der Waals surface area contributed by atoms with Crippen molar-refractivity contribution in [3.63, 3.8) is 0 Å². The molecule has 0 unspecified atom stereocenters. The van der Waals surface area contributed by atoms with Gasteiger partial charge in [0.25, 0.3) is 6.20 Å². The largest absolute Gasteiger partial charge is 0.775 e. The maximum Gasteiger partial charge on any atom is 0.339 e. The van der Waals surface area contributed by atoms with Gasteiger partial charge in [0.05, 0.1) is 0 Å². The highest BCUT2D eigenvalue weighted by atomic mass is 16.5. The van der Waals surface area contributed by atoms with Gasteiger partial charge in [0, 0.05) is 6.42 Å². The van der Waals surface area contributed by atoms with Crippen molar-refractivity contribution >= 4 is 5.88 Å². The molecule has 0 spiro atoms. The lowest BCUT2D eigenvalue weighted by atomic mass is 10.1. The summed E-state index contributed by atoms with van der Waals surface area (Å²) in [4.78, 5) is 0. The van der Waals surface area contributed by atoms with Crippen molar-refractivity contribution in [2.24, 2.45) is 10.4 Å². The fourth-order valence-corrected chi connectivity index (χ4v) is 1.35. The second-order valence-corrected chi connectivity index (χ2v) is 3.22. The third kappa shape index (κ3) is 2.63. The summed E-state index contributed by atoms with van der Waals surface area (Å²) in [5, 5.41) is 19.1. The average Bonchev–Trinajstić information content (AvgIpc) is 2.76. The monoisotopic (exact) mass is 218 g/mol. The molecule has 0 atom stereocenters. The van der Waals surface area contributed by atoms with Crippen molar-refractivity contribution in [2.75, 3.05) is 0 Å². The van der Waals surface area contributed by atoms with E-state index in [-0.39, 0.29) is 5.88 Å². The van der Waals surface area contributed by atoms with Crippen molar-refractivity contribution in [3.8, 4) is 0 Å². The Kier molecular flexibility index (Phi) is 3.22. The van der Waals surface area contributed by atoms with Gasteiger partial charge in [-0.15, -0.1) is 5.11 Å². The Labute approximate surface area is 91.8 Å². The van der Waals surface area contributed by atoms with Crippen LogP contribution < -0.4 is 4.68 Å². The van der Waals surface area contributed by atoms with Gasteiger partial charge < -0.3 is 5.21 Å². The first-order valence-electron chi connectivity index (χ1n) is 4.82. The van der Waals surface area contributed by atoms with Gasteiger partial charge in [-0.1, -0.05) is 35.0 Å². The van der Waals surface area contributed by atoms with Crippen LogP contribution in [0.1, 0.15) is 5.56 Å². The molecule has 0 N–H and O–H groups in total. The van der Waals surface area contributed by atoms with Crippen molar-refractivity contribution in [3.05, 3.63) is 47.3 Å². The van der Waals surface area contributed by atoms with E-state index in [1.165, 1.54) is 11.8 Å². The Balaban J connectivity index is 1.94. The van der Waals surface area contributed by atoms with Crippen LogP contribution in [0.2, 0.25) is 0 Å². The quantitative estimate of drug-likeness (QED) is 0.446. The van der Waals surface area contributed by atoms with Gasteiger partial charge in [0.2, 0.25) is 5.27 Å². The number of aryl methyl sites for hydroxylation is 2. The van der Waals surface area contributed by atoms with Crippen molar-refractivity contribution in [1.82, 2.24) is 5.27 Å². The van der Waals surface area contributed by atoms with E-state index in [0.717, 1.165) is 6.42 Å². The zero-order valence-electron chi connectivity index (χ0n) is 8.48. The van der Waals surface area contributed by atoms with E-state index < -0.39 is 0 Å². The minimum absolute atomic E-state index is 0.114. The van der Waals surface area contributed by atoms with E-state index in [4.69, 9.17) is 4.52 Å². The third-order valence-corrected chi connectivity index (χ3v) is 2.11. The number of nitrogens with zero attached hydrogens (tertiary/aromatic N) is 4. The molecular formula is C10H10N4O2. The zero-order chi connectivity index (χ0) is 11.2. The SMILES string of the molecule is [O-]/N=N/c1c[n+](CCc2ccccc2)no1. The van der Waals surface area contributed by atoms with Crippen molar-refractivity contribution in [2.45, 2.75) is 13.0 Å². The van der Waals surface area contributed by atoms with Gasteiger partial charge in [-0.25, -0.2) is 5.28 Å². The first-order valence-corrected chi connectivity index (χ1v) is 4.82. The maximum absolute atomic E-state index is 9.85. The molecule has 0 aliphatic rings. The van der Waals surface area contributed by atoms with Gasteiger partial charge in [0.1, 0.15) is 0 Å². The van der Waals surface area contributed by atoms with Gasteiger partial charge in [-0.2, -0.15) is 0 Å². The molecular weight excluding hydrogens is 208 g/mol. The summed E-state index contributed by atoms with van der Waals surface area (Å²) in [5.41, 5.74) is 1.21. The second-order valence-electron chi connectivity index (χ2n) is 3.22. The molecule has 2 rings (SSSR count). The minimum atomic E-state index is 0.114. The van der Waals surface area contributed by atoms with Crippen molar-refractivity contribution in [1.29, 1.82) is 0 Å². The molecule has 0 saturated carbocycles. The van der Waals surface area contributed by atoms with Crippen LogP contribution in [0.5, 0.6) is 0 Å². The summed E-state index contributed by atoms with van der Waals surface area (Å²) in [6.07, 6.45) is 2.37. The first kappa shape index (κ1) is 10.3. The number of benzene rings is 1. The molecule has 1 heterocycles. The smallest absolute Gasteiger partial charge is 0.339 e. The fourth-order valence-electron chi connectivity index (χ4n) is 1.35. The van der Waals surface area contributed by atoms with E-state index in [1.54, 1.807) is 4.68 Å². The highest BCUT2D eigenvalue weighted by Crippen LogP contribution is 2.06. The summed E-state index contributed by atoms with van der Waals surface area (Å²) in [6, 6.07) is 10.0. The summed E-state index contributed by atoms with van der Waals surface area (Å²) in [7, 11) is 0. The Morgan fingerprint density at radius 1 is 1.31 bits per heavy atom. The second kappa shape index (κ2) is 5.01. The molecule has 2 aromatic rings. The maximum atomic E-state index is 9.85. The topological polar surface area (TPSA) is 77.7 Å². The van der Waals surface area contributed by atoms with Gasteiger partial charge in [-0.3, -0.25) is 4.52 Å². The summed E-state index contributed by atoms with van der Waals surface area (Å²) < 4.78 is 6.33. The van der Waals surface area contributed by atoms with E-state index in [1.807, 2.05) is 30.3 Å². The molecule has 1 aromatic heterocycles. The first-order chi connectivity index (χ1) is 7.88. The van der Waals surface area contributed by atoms with Crippen LogP contribution in [0, 0.1) is 5.21 Å². The van der Waals surface area contributed by atoms with Gasteiger partial charge >= 0.3 is 5.88 Å². The molecule has 0 aliphatic carbocycles. The van der Waals surface area contributed by atoms with Crippen LogP contribution in [0.15, 0.2) is 51.4 Å². The lowest BCUT2D eigenvalue weighted by molar-refractivity contribution is -0.761. The zero-order valence-corrected chi connectivity index (χ0v) is 8.48. The van der Waals surface area contributed by atoms with E-state index in [9.17, 15) is 5.21 Å². The van der Waals surface area contributed by atoms with Crippen molar-refractivity contribution < 1.29 is 9.20 Å². The van der Waals surface area contributed by atoms with Gasteiger partial charge in [0.15, 0.2) is 6.54 Å². The lowest BCUT2D eigenvalue weighted by Gasteiger charge is -1.93. The van der Waals surface area contributed by atoms with E-state index >= 15 is 0 Å². The molecule has 0 radical (unpaired) electrons. The average molecular weight is 218 g/mol. The molecule has 0 saturated heterocycles. The Bertz CT molecular complexity index is 467. The standard InChI is InChI=1S/C10H10N4O2/c15-12-11-10-8-14(13-16-10)7-6-9-4-2-1-3-5-9/h1-5,8H,6-7H2. The number of hydrogen-bond acceptors (Lipinski definition) is 5. The Morgan fingerprint density at radius 3 is 2.88 bits per heavy atom. The number of hydrogen-bond donors (Lipinski definition) is 0. The highest BCUT2D eigenvalue weighted by molar-refractivity contribution is 5.14. The molecule has 0 aliphatic heterocycles. The van der Waals surface area contributed by atoms with Crippen LogP contribution >= 0.6 is 0 Å². The molecule has 0 bridgehead atoms. The Morgan fingerprint density at radius 2 is 2.12 bits per heavy atom. The molecule has 82 valence electrons. The molecule has 0 amide bonds. The van der Waals surface area contributed by atoms with E-state index in [0.29, 0.717) is 6.54 Å². The molecule has 1 aromatic carbocycles. The van der Waals surface area contributed by atoms with Crippen LogP contribution in [-0.2, 0) is 13.0 Å².